The fourth-order valence-corrected chi connectivity index (χ4v) is 2.44. The summed E-state index contributed by atoms with van der Waals surface area (Å²) in [4.78, 5) is 12.4. The molecule has 24 heavy (non-hydrogen) atoms. The maximum absolute atomic E-state index is 12.4. The lowest BCUT2D eigenvalue weighted by Crippen LogP contribution is -2.12. The Morgan fingerprint density at radius 1 is 1.21 bits per heavy atom. The van der Waals surface area contributed by atoms with Gasteiger partial charge in [0.1, 0.15) is 5.75 Å². The molecule has 1 aromatic heterocycles. The number of nitrogens with zero attached hydrogens (tertiary/aromatic N) is 2. The monoisotopic (exact) mass is 321 g/mol. The number of carbonyl (C=O) groups is 1. The maximum atomic E-state index is 12.4. The first-order valence-corrected chi connectivity index (χ1v) is 7.68. The fourth-order valence-electron chi connectivity index (χ4n) is 2.44. The molecule has 5 heteroatoms. The van der Waals surface area contributed by atoms with Crippen LogP contribution in [0.1, 0.15) is 21.5 Å². The minimum Gasteiger partial charge on any atom is -0.496 e. The summed E-state index contributed by atoms with van der Waals surface area (Å²) in [6.45, 7) is 2.65. The van der Waals surface area contributed by atoms with E-state index in [1.165, 1.54) is 0 Å². The molecule has 5 nitrogen and oxygen atoms in total. The van der Waals surface area contributed by atoms with E-state index in [4.69, 9.17) is 4.74 Å². The van der Waals surface area contributed by atoms with Gasteiger partial charge in [-0.05, 0) is 48.4 Å². The highest BCUT2D eigenvalue weighted by Crippen LogP contribution is 2.20. The molecule has 0 saturated carbocycles. The van der Waals surface area contributed by atoms with Crippen LogP contribution in [0, 0.1) is 6.92 Å². The van der Waals surface area contributed by atoms with Gasteiger partial charge in [-0.25, -0.2) is 0 Å². The Morgan fingerprint density at radius 3 is 2.67 bits per heavy atom. The minimum absolute atomic E-state index is 0.159. The average Bonchev–Trinajstić information content (AvgIpc) is 3.10. The number of amides is 1. The lowest BCUT2D eigenvalue weighted by Gasteiger charge is -2.09. The van der Waals surface area contributed by atoms with Crippen molar-refractivity contribution < 1.29 is 9.53 Å². The molecule has 0 atom stereocenters. The quantitative estimate of drug-likeness (QED) is 0.782. The smallest absolute Gasteiger partial charge is 0.255 e. The van der Waals surface area contributed by atoms with Gasteiger partial charge in [-0.3, -0.25) is 9.48 Å². The van der Waals surface area contributed by atoms with Crippen molar-refractivity contribution in [3.8, 4) is 5.75 Å². The highest BCUT2D eigenvalue weighted by Gasteiger charge is 2.09. The van der Waals surface area contributed by atoms with Crippen molar-refractivity contribution in [3.63, 3.8) is 0 Å². The van der Waals surface area contributed by atoms with Crippen LogP contribution in [0.5, 0.6) is 5.75 Å². The van der Waals surface area contributed by atoms with E-state index in [-0.39, 0.29) is 5.91 Å². The molecular formula is C19H19N3O2. The van der Waals surface area contributed by atoms with E-state index in [2.05, 4.69) is 10.4 Å². The summed E-state index contributed by atoms with van der Waals surface area (Å²) in [6.07, 6.45) is 3.67. The third kappa shape index (κ3) is 3.63. The molecule has 0 spiro atoms. The predicted molar refractivity (Wildman–Crippen MR) is 93.5 cm³/mol. The number of methoxy groups -OCH3 is 1. The Balaban J connectivity index is 1.68. The van der Waals surface area contributed by atoms with Gasteiger partial charge in [0.05, 0.1) is 13.7 Å². The molecule has 0 aliphatic heterocycles. The lowest BCUT2D eigenvalue weighted by molar-refractivity contribution is 0.102. The molecule has 3 rings (SSSR count). The van der Waals surface area contributed by atoms with Crippen molar-refractivity contribution in [2.45, 2.75) is 13.5 Å². The van der Waals surface area contributed by atoms with Crippen LogP contribution >= 0.6 is 0 Å². The second-order valence-electron chi connectivity index (χ2n) is 5.54. The zero-order valence-corrected chi connectivity index (χ0v) is 13.7. The van der Waals surface area contributed by atoms with Crippen LogP contribution < -0.4 is 10.1 Å². The summed E-state index contributed by atoms with van der Waals surface area (Å²) in [7, 11) is 1.60. The van der Waals surface area contributed by atoms with Gasteiger partial charge in [-0.2, -0.15) is 5.10 Å². The van der Waals surface area contributed by atoms with Gasteiger partial charge < -0.3 is 10.1 Å². The number of benzene rings is 2. The maximum Gasteiger partial charge on any atom is 0.255 e. The van der Waals surface area contributed by atoms with E-state index >= 15 is 0 Å². The summed E-state index contributed by atoms with van der Waals surface area (Å²) >= 11 is 0. The normalized spacial score (nSPS) is 10.4. The molecule has 0 unspecified atom stereocenters. The summed E-state index contributed by atoms with van der Waals surface area (Å²) in [5.74, 6) is 0.547. The molecule has 0 saturated heterocycles. The second-order valence-corrected chi connectivity index (χ2v) is 5.54. The van der Waals surface area contributed by atoms with Gasteiger partial charge in [0, 0.05) is 23.6 Å². The minimum atomic E-state index is -0.159. The molecule has 0 aliphatic carbocycles. The molecule has 0 fully saturated rings. The van der Waals surface area contributed by atoms with Crippen LogP contribution in [0.25, 0.3) is 0 Å². The van der Waals surface area contributed by atoms with Crippen molar-refractivity contribution in [2.24, 2.45) is 0 Å². The van der Waals surface area contributed by atoms with E-state index < -0.39 is 0 Å². The number of ether oxygens (including phenoxy) is 1. The molecule has 1 heterocycles. The number of anilines is 1. The topological polar surface area (TPSA) is 56.1 Å². The SMILES string of the molecule is COc1cc(C(=O)Nc2ccc(Cn3cccn3)cc2)ccc1C. The number of nitrogens with one attached hydrogen (secondary N) is 1. The molecule has 2 aromatic carbocycles. The van der Waals surface area contributed by atoms with Gasteiger partial charge in [0.15, 0.2) is 0 Å². The highest BCUT2D eigenvalue weighted by molar-refractivity contribution is 6.04. The van der Waals surface area contributed by atoms with Gasteiger partial charge >= 0.3 is 0 Å². The number of carbonyl (C=O) groups excluding carboxylic acids is 1. The molecular weight excluding hydrogens is 302 g/mol. The first-order chi connectivity index (χ1) is 11.7. The third-order valence-corrected chi connectivity index (χ3v) is 3.79. The summed E-state index contributed by atoms with van der Waals surface area (Å²) in [5.41, 5.74) is 3.44. The first kappa shape index (κ1) is 15.8. The standard InChI is InChI=1S/C19H19N3O2/c1-14-4-7-16(12-18(14)24-2)19(23)21-17-8-5-15(6-9-17)13-22-11-3-10-20-22/h3-12H,13H2,1-2H3,(H,21,23). The zero-order chi connectivity index (χ0) is 16.9. The summed E-state index contributed by atoms with van der Waals surface area (Å²) in [6, 6.07) is 15.0. The van der Waals surface area contributed by atoms with Crippen LogP contribution in [-0.2, 0) is 6.54 Å². The van der Waals surface area contributed by atoms with Gasteiger partial charge in [0.2, 0.25) is 0 Å². The Labute approximate surface area is 140 Å². The number of rotatable bonds is 5. The van der Waals surface area contributed by atoms with Crippen LogP contribution in [0.15, 0.2) is 60.9 Å². The van der Waals surface area contributed by atoms with Crippen molar-refractivity contribution in [1.82, 2.24) is 9.78 Å². The highest BCUT2D eigenvalue weighted by atomic mass is 16.5. The summed E-state index contributed by atoms with van der Waals surface area (Å²) < 4.78 is 7.12. The van der Waals surface area contributed by atoms with Crippen LogP contribution in [0.4, 0.5) is 5.69 Å². The average molecular weight is 321 g/mol. The fraction of sp³-hybridized carbons (Fsp3) is 0.158. The Bertz CT molecular complexity index is 824. The van der Waals surface area contributed by atoms with E-state index in [1.807, 2.05) is 54.2 Å². The second kappa shape index (κ2) is 7.00. The first-order valence-electron chi connectivity index (χ1n) is 7.68. The molecule has 1 amide bonds. The van der Waals surface area contributed by atoms with Crippen molar-refractivity contribution >= 4 is 11.6 Å². The predicted octanol–water partition coefficient (Wildman–Crippen LogP) is 3.50. The Hall–Kier alpha value is -3.08. The Kier molecular flexibility index (Phi) is 4.61. The molecule has 122 valence electrons. The number of hydrogen-bond acceptors (Lipinski definition) is 3. The van der Waals surface area contributed by atoms with E-state index in [0.717, 1.165) is 16.8 Å². The van der Waals surface area contributed by atoms with Crippen LogP contribution in [0.2, 0.25) is 0 Å². The molecule has 0 aliphatic rings. The van der Waals surface area contributed by atoms with Gasteiger partial charge in [-0.1, -0.05) is 18.2 Å². The van der Waals surface area contributed by atoms with Crippen molar-refractivity contribution in [3.05, 3.63) is 77.6 Å². The summed E-state index contributed by atoms with van der Waals surface area (Å²) in [5, 5.41) is 7.08. The molecule has 0 radical (unpaired) electrons. The number of aromatic nitrogens is 2. The number of aryl methyl sites for hydroxylation is 1. The molecule has 3 aromatic rings. The van der Waals surface area contributed by atoms with Crippen LogP contribution in [0.3, 0.4) is 0 Å². The van der Waals surface area contributed by atoms with Crippen molar-refractivity contribution in [1.29, 1.82) is 0 Å². The van der Waals surface area contributed by atoms with E-state index in [9.17, 15) is 4.79 Å². The largest absolute Gasteiger partial charge is 0.496 e. The third-order valence-electron chi connectivity index (χ3n) is 3.79. The van der Waals surface area contributed by atoms with E-state index in [1.54, 1.807) is 25.4 Å². The van der Waals surface area contributed by atoms with Crippen molar-refractivity contribution in [2.75, 3.05) is 12.4 Å². The van der Waals surface area contributed by atoms with Gasteiger partial charge in [0.25, 0.3) is 5.91 Å². The lowest BCUT2D eigenvalue weighted by atomic mass is 10.1. The van der Waals surface area contributed by atoms with Gasteiger partial charge in [-0.15, -0.1) is 0 Å². The molecule has 1 N–H and O–H groups in total. The number of hydrogen-bond donors (Lipinski definition) is 1. The molecule has 0 bridgehead atoms. The Morgan fingerprint density at radius 2 is 2.00 bits per heavy atom. The van der Waals surface area contributed by atoms with Crippen LogP contribution in [-0.4, -0.2) is 22.8 Å². The van der Waals surface area contributed by atoms with E-state index in [0.29, 0.717) is 17.9 Å². The zero-order valence-electron chi connectivity index (χ0n) is 13.7.